The molecule has 1 N–H and O–H groups in total. The Labute approximate surface area is 201 Å². The molecule has 31 heavy (non-hydrogen) atoms. The van der Waals surface area contributed by atoms with Gasteiger partial charge in [0.2, 0.25) is 0 Å². The third-order valence-corrected chi connectivity index (χ3v) is 5.72. The van der Waals surface area contributed by atoms with Crippen molar-refractivity contribution in [3.05, 3.63) is 77.4 Å². The molecule has 7 heteroatoms. The number of aromatic nitrogens is 1. The van der Waals surface area contributed by atoms with Gasteiger partial charge in [0, 0.05) is 35.1 Å². The third kappa shape index (κ3) is 6.50. The molecule has 1 fully saturated rings. The zero-order chi connectivity index (χ0) is 20.1. The quantitative estimate of drug-likeness (QED) is 0.468. The number of piperidine rings is 1. The molecule has 0 bridgehead atoms. The number of halogens is 3. The minimum Gasteiger partial charge on any atom is -0.497 e. The summed E-state index contributed by atoms with van der Waals surface area (Å²) in [7, 11) is 1.70. The molecule has 166 valence electrons. The molecule has 2 heterocycles. The topological polar surface area (TPSA) is 37.4 Å². The van der Waals surface area contributed by atoms with Crippen LogP contribution in [0.15, 0.2) is 66.9 Å². The average Bonchev–Trinajstić information content (AvgIpc) is 2.79. The molecule has 0 amide bonds. The highest BCUT2D eigenvalue weighted by molar-refractivity contribution is 6.30. The van der Waals surface area contributed by atoms with Crippen LogP contribution in [-0.2, 0) is 6.54 Å². The van der Waals surface area contributed by atoms with Crippen molar-refractivity contribution in [2.24, 2.45) is 0 Å². The summed E-state index contributed by atoms with van der Waals surface area (Å²) in [6.45, 7) is 2.97. The molecule has 1 aromatic heterocycles. The summed E-state index contributed by atoms with van der Waals surface area (Å²) in [4.78, 5) is 7.08. The zero-order valence-electron chi connectivity index (χ0n) is 17.5. The average molecular weight is 481 g/mol. The van der Waals surface area contributed by atoms with Crippen LogP contribution in [0.5, 0.6) is 5.75 Å². The van der Waals surface area contributed by atoms with Crippen LogP contribution < -0.4 is 15.0 Å². The Bertz CT molecular complexity index is 930. The number of nitrogens with one attached hydrogen (secondary N) is 1. The first-order chi connectivity index (χ1) is 14.2. The highest BCUT2D eigenvalue weighted by atomic mass is 35.5. The minimum absolute atomic E-state index is 0. The molecule has 0 atom stereocenters. The van der Waals surface area contributed by atoms with Gasteiger partial charge in [-0.3, -0.25) is 4.98 Å². The van der Waals surface area contributed by atoms with Crippen LogP contribution in [0.25, 0.3) is 11.3 Å². The highest BCUT2D eigenvalue weighted by Crippen LogP contribution is 2.27. The van der Waals surface area contributed by atoms with Crippen LogP contribution in [0.2, 0.25) is 5.02 Å². The van der Waals surface area contributed by atoms with E-state index in [2.05, 4.69) is 39.5 Å². The predicted molar refractivity (Wildman–Crippen MR) is 134 cm³/mol. The number of nitrogens with zero attached hydrogens (tertiary/aromatic N) is 2. The third-order valence-electron chi connectivity index (χ3n) is 5.47. The standard InChI is InChI=1S/C24H26ClN3O.2ClH/c1-29-23-8-6-21(7-9-23)28(22-11-13-26-14-12-22)17-18-10-15-27-24(16-18)19-2-4-20(25)5-3-19;;/h2-10,15-16,22,26H,11-14,17H2,1H3;2*1H. The zero-order valence-corrected chi connectivity index (χ0v) is 19.8. The van der Waals surface area contributed by atoms with Crippen LogP contribution >= 0.6 is 36.4 Å². The SMILES string of the molecule is COc1ccc(N(Cc2ccnc(-c3ccc(Cl)cc3)c2)C2CCNCC2)cc1.Cl.Cl. The van der Waals surface area contributed by atoms with E-state index in [4.69, 9.17) is 16.3 Å². The van der Waals surface area contributed by atoms with E-state index in [1.165, 1.54) is 11.3 Å². The molecule has 0 aliphatic carbocycles. The number of rotatable bonds is 6. The summed E-state index contributed by atoms with van der Waals surface area (Å²) in [5.41, 5.74) is 4.52. The van der Waals surface area contributed by atoms with E-state index in [0.717, 1.165) is 54.5 Å². The molecule has 0 spiro atoms. The second kappa shape index (κ2) is 12.2. The normalized spacial score (nSPS) is 13.6. The van der Waals surface area contributed by atoms with E-state index < -0.39 is 0 Å². The van der Waals surface area contributed by atoms with Crippen molar-refractivity contribution >= 4 is 42.1 Å². The first kappa shape index (κ1) is 25.3. The highest BCUT2D eigenvalue weighted by Gasteiger charge is 2.22. The van der Waals surface area contributed by atoms with Gasteiger partial charge in [-0.2, -0.15) is 0 Å². The molecule has 1 saturated heterocycles. The molecule has 1 aliphatic heterocycles. The van der Waals surface area contributed by atoms with Crippen molar-refractivity contribution in [1.82, 2.24) is 10.3 Å². The number of hydrogen-bond acceptors (Lipinski definition) is 4. The summed E-state index contributed by atoms with van der Waals surface area (Å²) < 4.78 is 5.34. The van der Waals surface area contributed by atoms with Crippen molar-refractivity contribution in [2.45, 2.75) is 25.4 Å². The van der Waals surface area contributed by atoms with Crippen molar-refractivity contribution < 1.29 is 4.74 Å². The van der Waals surface area contributed by atoms with Gasteiger partial charge in [-0.15, -0.1) is 24.8 Å². The van der Waals surface area contributed by atoms with Gasteiger partial charge in [0.1, 0.15) is 5.75 Å². The molecule has 0 radical (unpaired) electrons. The Hall–Kier alpha value is -1.98. The van der Waals surface area contributed by atoms with Crippen LogP contribution in [0.3, 0.4) is 0 Å². The molecule has 2 aromatic carbocycles. The van der Waals surface area contributed by atoms with Crippen LogP contribution in [0, 0.1) is 0 Å². The number of anilines is 1. The van der Waals surface area contributed by atoms with E-state index in [0.29, 0.717) is 6.04 Å². The fourth-order valence-electron chi connectivity index (χ4n) is 3.87. The Morgan fingerprint density at radius 2 is 1.68 bits per heavy atom. The van der Waals surface area contributed by atoms with Gasteiger partial charge in [0.05, 0.1) is 12.8 Å². The lowest BCUT2D eigenvalue weighted by atomic mass is 10.0. The van der Waals surface area contributed by atoms with Crippen LogP contribution in [0.1, 0.15) is 18.4 Å². The Balaban J connectivity index is 0.00000171. The van der Waals surface area contributed by atoms with Gasteiger partial charge in [-0.25, -0.2) is 0 Å². The van der Waals surface area contributed by atoms with E-state index in [9.17, 15) is 0 Å². The number of ether oxygens (including phenoxy) is 1. The second-order valence-electron chi connectivity index (χ2n) is 7.36. The molecule has 4 nitrogen and oxygen atoms in total. The van der Waals surface area contributed by atoms with Gasteiger partial charge in [-0.05, 0) is 80.0 Å². The van der Waals surface area contributed by atoms with E-state index >= 15 is 0 Å². The number of pyridine rings is 1. The van der Waals surface area contributed by atoms with Crippen molar-refractivity contribution in [2.75, 3.05) is 25.1 Å². The summed E-state index contributed by atoms with van der Waals surface area (Å²) in [6.07, 6.45) is 4.18. The Kier molecular flexibility index (Phi) is 9.92. The maximum Gasteiger partial charge on any atom is 0.119 e. The largest absolute Gasteiger partial charge is 0.497 e. The van der Waals surface area contributed by atoms with Crippen molar-refractivity contribution in [3.63, 3.8) is 0 Å². The number of benzene rings is 2. The maximum absolute atomic E-state index is 6.03. The molecule has 4 rings (SSSR count). The van der Waals surface area contributed by atoms with Crippen LogP contribution in [-0.4, -0.2) is 31.2 Å². The fraction of sp³-hybridized carbons (Fsp3) is 0.292. The molecule has 1 aliphatic rings. The maximum atomic E-state index is 6.03. The molecule has 3 aromatic rings. The Morgan fingerprint density at radius 3 is 2.32 bits per heavy atom. The lowest BCUT2D eigenvalue weighted by Gasteiger charge is -2.36. The summed E-state index contributed by atoms with van der Waals surface area (Å²) >= 11 is 6.03. The van der Waals surface area contributed by atoms with Gasteiger partial charge >= 0.3 is 0 Å². The van der Waals surface area contributed by atoms with Crippen molar-refractivity contribution in [3.8, 4) is 17.0 Å². The van der Waals surface area contributed by atoms with Gasteiger partial charge in [0.25, 0.3) is 0 Å². The molecular formula is C24H28Cl3N3O. The van der Waals surface area contributed by atoms with E-state index in [1.54, 1.807) is 7.11 Å². The number of methoxy groups -OCH3 is 1. The first-order valence-electron chi connectivity index (χ1n) is 10.1. The minimum atomic E-state index is 0. The van der Waals surface area contributed by atoms with E-state index in [-0.39, 0.29) is 24.8 Å². The summed E-state index contributed by atoms with van der Waals surface area (Å²) in [5, 5.41) is 4.21. The smallest absolute Gasteiger partial charge is 0.119 e. The predicted octanol–water partition coefficient (Wildman–Crippen LogP) is 6.01. The van der Waals surface area contributed by atoms with Gasteiger partial charge in [-0.1, -0.05) is 23.7 Å². The molecular weight excluding hydrogens is 453 g/mol. The first-order valence-corrected chi connectivity index (χ1v) is 10.4. The number of hydrogen-bond donors (Lipinski definition) is 1. The summed E-state index contributed by atoms with van der Waals surface area (Å²) in [5.74, 6) is 0.882. The van der Waals surface area contributed by atoms with Crippen molar-refractivity contribution in [1.29, 1.82) is 0 Å². The summed E-state index contributed by atoms with van der Waals surface area (Å²) in [6, 6.07) is 21.0. The lowest BCUT2D eigenvalue weighted by molar-refractivity contribution is 0.413. The van der Waals surface area contributed by atoms with Gasteiger partial charge in [0.15, 0.2) is 0 Å². The second-order valence-corrected chi connectivity index (χ2v) is 7.80. The molecule has 0 unspecified atom stereocenters. The molecule has 0 saturated carbocycles. The lowest BCUT2D eigenvalue weighted by Crippen LogP contribution is -2.43. The Morgan fingerprint density at radius 1 is 1.00 bits per heavy atom. The monoisotopic (exact) mass is 479 g/mol. The van der Waals surface area contributed by atoms with Gasteiger partial charge < -0.3 is 15.0 Å². The van der Waals surface area contributed by atoms with E-state index in [1.807, 2.05) is 42.6 Å². The van der Waals surface area contributed by atoms with Crippen LogP contribution in [0.4, 0.5) is 5.69 Å². The fourth-order valence-corrected chi connectivity index (χ4v) is 4.00.